The molecule has 4 aromatic rings. The maximum Gasteiger partial charge on any atom is 0.279 e. The Balaban J connectivity index is 1.39. The number of nitrogens with zero attached hydrogens (tertiary/aromatic N) is 2. The highest BCUT2D eigenvalue weighted by molar-refractivity contribution is 7.22. The van der Waals surface area contributed by atoms with Crippen LogP contribution < -0.4 is 14.8 Å². The Morgan fingerprint density at radius 3 is 2.77 bits per heavy atom. The highest BCUT2D eigenvalue weighted by Gasteiger charge is 2.19. The third kappa shape index (κ3) is 2.58. The van der Waals surface area contributed by atoms with Crippen LogP contribution in [0.15, 0.2) is 45.5 Å². The molecule has 0 saturated carbocycles. The summed E-state index contributed by atoms with van der Waals surface area (Å²) < 4.78 is 22.4. The number of aromatic nitrogens is 2. The van der Waals surface area contributed by atoms with Gasteiger partial charge in [0.25, 0.3) is 5.91 Å². The van der Waals surface area contributed by atoms with Crippen LogP contribution in [0.4, 0.5) is 5.13 Å². The number of benzene rings is 1. The first kappa shape index (κ1) is 15.0. The molecule has 130 valence electrons. The number of anilines is 1. The summed E-state index contributed by atoms with van der Waals surface area (Å²) in [6.45, 7) is 1.03. The number of ether oxygens (including phenoxy) is 2. The second-order valence-electron chi connectivity index (χ2n) is 5.49. The predicted molar refractivity (Wildman–Crippen MR) is 92.8 cm³/mol. The smallest absolute Gasteiger partial charge is 0.279 e. The molecule has 5 rings (SSSR count). The van der Waals surface area contributed by atoms with Crippen molar-refractivity contribution in [3.63, 3.8) is 0 Å². The molecular weight excluding hydrogens is 358 g/mol. The first-order chi connectivity index (χ1) is 12.8. The molecule has 0 bridgehead atoms. The zero-order chi connectivity index (χ0) is 17.5. The molecule has 0 radical (unpaired) electrons. The second kappa shape index (κ2) is 5.88. The van der Waals surface area contributed by atoms with Crippen LogP contribution in [-0.2, 0) is 0 Å². The van der Waals surface area contributed by atoms with Gasteiger partial charge in [0.2, 0.25) is 5.76 Å². The lowest BCUT2D eigenvalue weighted by Crippen LogP contribution is -2.15. The second-order valence-corrected chi connectivity index (χ2v) is 6.52. The van der Waals surface area contributed by atoms with Gasteiger partial charge in [0.15, 0.2) is 28.1 Å². The zero-order valence-electron chi connectivity index (χ0n) is 13.2. The molecule has 0 fully saturated rings. The molecule has 9 heteroatoms. The van der Waals surface area contributed by atoms with Gasteiger partial charge < -0.3 is 18.4 Å². The van der Waals surface area contributed by atoms with Crippen molar-refractivity contribution in [3.05, 3.63) is 42.3 Å². The summed E-state index contributed by atoms with van der Waals surface area (Å²) in [6.07, 6.45) is 1.52. The molecule has 0 aliphatic carbocycles. The lowest BCUT2D eigenvalue weighted by molar-refractivity contribution is 0.101. The van der Waals surface area contributed by atoms with Crippen LogP contribution in [0.2, 0.25) is 0 Å². The number of carbonyl (C=O) groups is 1. The third-order valence-corrected chi connectivity index (χ3v) is 4.71. The highest BCUT2D eigenvalue weighted by atomic mass is 32.1. The fraction of sp³-hybridized carbons (Fsp3) is 0.118. The Morgan fingerprint density at radius 1 is 1.12 bits per heavy atom. The molecule has 1 N–H and O–H groups in total. The molecule has 1 amide bonds. The minimum Gasteiger partial charge on any atom is -0.486 e. The van der Waals surface area contributed by atoms with Crippen LogP contribution in [0.25, 0.3) is 21.7 Å². The minimum absolute atomic E-state index is 0.140. The Labute approximate surface area is 150 Å². The molecular formula is C17H11N3O5S. The van der Waals surface area contributed by atoms with Gasteiger partial charge in [0.1, 0.15) is 13.2 Å². The Hall–Kier alpha value is -3.33. The van der Waals surface area contributed by atoms with Gasteiger partial charge >= 0.3 is 0 Å². The average Bonchev–Trinajstić information content (AvgIpc) is 3.38. The van der Waals surface area contributed by atoms with E-state index in [0.29, 0.717) is 41.4 Å². The van der Waals surface area contributed by atoms with E-state index in [1.54, 1.807) is 18.2 Å². The van der Waals surface area contributed by atoms with Gasteiger partial charge in [-0.25, -0.2) is 4.98 Å². The highest BCUT2D eigenvalue weighted by Crippen LogP contribution is 2.37. The first-order valence-electron chi connectivity index (χ1n) is 7.78. The summed E-state index contributed by atoms with van der Waals surface area (Å²) in [4.78, 5) is 16.8. The summed E-state index contributed by atoms with van der Waals surface area (Å²) in [5, 5.41) is 6.96. The molecule has 1 aliphatic rings. The average molecular weight is 369 g/mol. The maximum atomic E-state index is 12.4. The number of amides is 1. The lowest BCUT2D eigenvalue weighted by atomic mass is 10.3. The van der Waals surface area contributed by atoms with Crippen molar-refractivity contribution in [2.24, 2.45) is 0 Å². The molecule has 1 aromatic carbocycles. The van der Waals surface area contributed by atoms with Crippen LogP contribution >= 0.6 is 11.3 Å². The predicted octanol–water partition coefficient (Wildman–Crippen LogP) is 3.57. The number of carbonyl (C=O) groups excluding carboxylic acids is 1. The molecule has 26 heavy (non-hydrogen) atoms. The molecule has 1 aliphatic heterocycles. The Morgan fingerprint density at radius 2 is 1.96 bits per heavy atom. The van der Waals surface area contributed by atoms with Crippen LogP contribution in [0.3, 0.4) is 0 Å². The first-order valence-corrected chi connectivity index (χ1v) is 8.60. The monoisotopic (exact) mass is 369 g/mol. The zero-order valence-corrected chi connectivity index (χ0v) is 14.0. The van der Waals surface area contributed by atoms with Crippen molar-refractivity contribution in [1.82, 2.24) is 10.1 Å². The van der Waals surface area contributed by atoms with E-state index < -0.39 is 5.91 Å². The Bertz CT molecular complexity index is 1060. The molecule has 0 saturated heterocycles. The van der Waals surface area contributed by atoms with Gasteiger partial charge in [-0.1, -0.05) is 16.5 Å². The van der Waals surface area contributed by atoms with Crippen LogP contribution in [0.1, 0.15) is 10.5 Å². The third-order valence-electron chi connectivity index (χ3n) is 3.78. The molecule has 0 atom stereocenters. The van der Waals surface area contributed by atoms with E-state index in [0.717, 1.165) is 10.2 Å². The van der Waals surface area contributed by atoms with E-state index in [-0.39, 0.29) is 5.69 Å². The van der Waals surface area contributed by atoms with E-state index in [4.69, 9.17) is 18.4 Å². The van der Waals surface area contributed by atoms with Crippen molar-refractivity contribution in [2.45, 2.75) is 0 Å². The molecule has 3 aromatic heterocycles. The summed E-state index contributed by atoms with van der Waals surface area (Å²) in [6, 6.07) is 8.64. The van der Waals surface area contributed by atoms with Gasteiger partial charge in [0, 0.05) is 18.2 Å². The summed E-state index contributed by atoms with van der Waals surface area (Å²) in [7, 11) is 0. The molecule has 8 nitrogen and oxygen atoms in total. The lowest BCUT2D eigenvalue weighted by Gasteiger charge is -2.17. The Kier molecular flexibility index (Phi) is 3.39. The standard InChI is InChI=1S/C17H11N3O5S/c21-16(10-7-14(25-20-10)11-2-1-3-22-11)19-17-18-9-6-12-13(8-15(9)26-17)24-5-4-23-12/h1-3,6-8H,4-5H2,(H,18,19,21). The number of fused-ring (bicyclic) bond motifs is 2. The molecule has 4 heterocycles. The number of furan rings is 1. The largest absolute Gasteiger partial charge is 0.486 e. The number of hydrogen-bond acceptors (Lipinski definition) is 8. The number of thiazole rings is 1. The van der Waals surface area contributed by atoms with Crippen molar-refractivity contribution in [1.29, 1.82) is 0 Å². The number of rotatable bonds is 3. The van der Waals surface area contributed by atoms with Crippen molar-refractivity contribution in [2.75, 3.05) is 18.5 Å². The van der Waals surface area contributed by atoms with Crippen molar-refractivity contribution in [3.8, 4) is 23.0 Å². The molecule has 0 unspecified atom stereocenters. The number of nitrogens with one attached hydrogen (secondary N) is 1. The topological polar surface area (TPSA) is 99.6 Å². The summed E-state index contributed by atoms with van der Waals surface area (Å²) in [5.74, 6) is 1.81. The number of hydrogen-bond donors (Lipinski definition) is 1. The van der Waals surface area contributed by atoms with E-state index in [2.05, 4.69) is 15.5 Å². The quantitative estimate of drug-likeness (QED) is 0.589. The van der Waals surface area contributed by atoms with Crippen LogP contribution in [0, 0.1) is 0 Å². The van der Waals surface area contributed by atoms with E-state index in [1.807, 2.05) is 6.07 Å². The maximum absolute atomic E-state index is 12.4. The van der Waals surface area contributed by atoms with Gasteiger partial charge in [-0.2, -0.15) is 0 Å². The van der Waals surface area contributed by atoms with Gasteiger partial charge in [-0.3, -0.25) is 10.1 Å². The van der Waals surface area contributed by atoms with Crippen molar-refractivity contribution >= 4 is 32.6 Å². The van der Waals surface area contributed by atoms with E-state index in [1.165, 1.54) is 23.7 Å². The van der Waals surface area contributed by atoms with E-state index >= 15 is 0 Å². The van der Waals surface area contributed by atoms with Crippen LogP contribution in [-0.4, -0.2) is 29.3 Å². The van der Waals surface area contributed by atoms with Crippen molar-refractivity contribution < 1.29 is 23.2 Å². The SMILES string of the molecule is O=C(Nc1nc2cc3c(cc2s1)OCCO3)c1cc(-c2ccco2)on1. The summed E-state index contributed by atoms with van der Waals surface area (Å²) >= 11 is 1.34. The molecule has 0 spiro atoms. The van der Waals surface area contributed by atoms with Gasteiger partial charge in [-0.05, 0) is 12.1 Å². The fourth-order valence-electron chi connectivity index (χ4n) is 2.60. The van der Waals surface area contributed by atoms with Crippen LogP contribution in [0.5, 0.6) is 11.5 Å². The fourth-order valence-corrected chi connectivity index (χ4v) is 3.47. The van der Waals surface area contributed by atoms with E-state index in [9.17, 15) is 4.79 Å². The minimum atomic E-state index is -0.414. The van der Waals surface area contributed by atoms with Gasteiger partial charge in [0.05, 0.1) is 16.5 Å². The summed E-state index contributed by atoms with van der Waals surface area (Å²) in [5.41, 5.74) is 0.868. The normalized spacial score (nSPS) is 13.1. The van der Waals surface area contributed by atoms with Gasteiger partial charge in [-0.15, -0.1) is 0 Å².